The number of carbonyl (C=O) groups excluding carboxylic acids is 2. The summed E-state index contributed by atoms with van der Waals surface area (Å²) in [6.45, 7) is 4.08. The lowest BCUT2D eigenvalue weighted by Gasteiger charge is -2.12. The van der Waals surface area contributed by atoms with Gasteiger partial charge in [0.1, 0.15) is 0 Å². The van der Waals surface area contributed by atoms with Crippen LogP contribution in [0.1, 0.15) is 38.8 Å². The zero-order valence-corrected chi connectivity index (χ0v) is 18.9. The summed E-state index contributed by atoms with van der Waals surface area (Å²) >= 11 is 12.0. The first kappa shape index (κ1) is 23.3. The lowest BCUT2D eigenvalue weighted by molar-refractivity contribution is 0.0728. The highest BCUT2D eigenvalue weighted by Gasteiger charge is 2.16. The Morgan fingerprint density at radius 3 is 2.56 bits per heavy atom. The Labute approximate surface area is 195 Å². The highest BCUT2D eigenvalue weighted by molar-refractivity contribution is 6.36. The highest BCUT2D eigenvalue weighted by atomic mass is 35.5. The number of halogens is 2. The van der Waals surface area contributed by atoms with Crippen molar-refractivity contribution in [2.75, 3.05) is 6.61 Å². The topological polar surface area (TPSA) is 77.0 Å². The van der Waals surface area contributed by atoms with Crippen LogP contribution in [0.25, 0.3) is 0 Å². The van der Waals surface area contributed by atoms with Gasteiger partial charge in [0.25, 0.3) is 5.91 Å². The number of nitrogens with zero attached hydrogens (tertiary/aromatic N) is 1. The van der Waals surface area contributed by atoms with Crippen LogP contribution < -0.4 is 14.9 Å². The number of nitrogens with one attached hydrogen (secondary N) is 1. The second-order valence-corrected chi connectivity index (χ2v) is 7.57. The first-order valence-corrected chi connectivity index (χ1v) is 10.5. The molecule has 1 N–H and O–H groups in total. The van der Waals surface area contributed by atoms with Gasteiger partial charge in [-0.15, -0.1) is 0 Å². The van der Waals surface area contributed by atoms with E-state index in [1.807, 2.05) is 19.9 Å². The molecule has 164 valence electrons. The highest BCUT2D eigenvalue weighted by Crippen LogP contribution is 2.30. The van der Waals surface area contributed by atoms with Gasteiger partial charge in [-0.2, -0.15) is 5.10 Å². The lowest BCUT2D eigenvalue weighted by Crippen LogP contribution is -2.17. The fraction of sp³-hybridized carbons (Fsp3) is 0.125. The van der Waals surface area contributed by atoms with Gasteiger partial charge in [-0.05, 0) is 67.9 Å². The largest absolute Gasteiger partial charge is 0.490 e. The maximum Gasteiger partial charge on any atom is 0.345 e. The average molecular weight is 471 g/mol. The molecule has 0 fully saturated rings. The normalized spacial score (nSPS) is 10.8. The van der Waals surface area contributed by atoms with Gasteiger partial charge in [0, 0.05) is 10.6 Å². The Kier molecular flexibility index (Phi) is 7.87. The van der Waals surface area contributed by atoms with Gasteiger partial charge in [-0.3, -0.25) is 4.79 Å². The molecule has 0 spiro atoms. The molecule has 1 amide bonds. The number of esters is 1. The van der Waals surface area contributed by atoms with Crippen LogP contribution >= 0.6 is 23.2 Å². The predicted molar refractivity (Wildman–Crippen MR) is 125 cm³/mol. The summed E-state index contributed by atoms with van der Waals surface area (Å²) in [5, 5.41) is 4.59. The molecule has 32 heavy (non-hydrogen) atoms. The fourth-order valence-corrected chi connectivity index (χ4v) is 3.27. The van der Waals surface area contributed by atoms with Crippen molar-refractivity contribution in [1.29, 1.82) is 0 Å². The van der Waals surface area contributed by atoms with E-state index in [0.717, 1.165) is 5.56 Å². The second kappa shape index (κ2) is 10.8. The molecule has 0 aromatic heterocycles. The van der Waals surface area contributed by atoms with Crippen LogP contribution in [0.2, 0.25) is 10.0 Å². The van der Waals surface area contributed by atoms with Crippen LogP contribution in [-0.2, 0) is 0 Å². The standard InChI is InChI=1S/C24H20Cl2N2O4/c1-3-31-22-12-16(14-27-28-23(29)17-6-4-5-15(2)11-17)7-10-21(22)32-24(30)19-9-8-18(25)13-20(19)26/h4-14H,3H2,1-2H3,(H,28,29)/b27-14+. The Morgan fingerprint density at radius 1 is 1.03 bits per heavy atom. The number of hydrogen-bond donors (Lipinski definition) is 1. The summed E-state index contributed by atoms with van der Waals surface area (Å²) in [4.78, 5) is 24.7. The summed E-state index contributed by atoms with van der Waals surface area (Å²) in [5.41, 5.74) is 4.80. The molecule has 3 rings (SSSR count). The summed E-state index contributed by atoms with van der Waals surface area (Å²) in [6, 6.07) is 16.6. The minimum atomic E-state index is -0.639. The van der Waals surface area contributed by atoms with Gasteiger partial charge in [-0.1, -0.05) is 40.9 Å². The minimum absolute atomic E-state index is 0.183. The van der Waals surface area contributed by atoms with E-state index in [1.165, 1.54) is 18.3 Å². The molecular weight excluding hydrogens is 451 g/mol. The smallest absolute Gasteiger partial charge is 0.345 e. The van der Waals surface area contributed by atoms with Crippen molar-refractivity contribution in [1.82, 2.24) is 5.43 Å². The van der Waals surface area contributed by atoms with Crippen molar-refractivity contribution < 1.29 is 19.1 Å². The molecule has 0 aliphatic carbocycles. The minimum Gasteiger partial charge on any atom is -0.490 e. The Bertz CT molecular complexity index is 1180. The molecule has 0 radical (unpaired) electrons. The van der Waals surface area contributed by atoms with Crippen LogP contribution in [0.4, 0.5) is 0 Å². The number of hydrazone groups is 1. The van der Waals surface area contributed by atoms with E-state index in [0.29, 0.717) is 28.5 Å². The molecule has 0 aliphatic rings. The first-order chi connectivity index (χ1) is 15.4. The molecular formula is C24H20Cl2N2O4. The van der Waals surface area contributed by atoms with Crippen LogP contribution in [0.5, 0.6) is 11.5 Å². The summed E-state index contributed by atoms with van der Waals surface area (Å²) in [5.74, 6) is -0.386. The monoisotopic (exact) mass is 470 g/mol. The van der Waals surface area contributed by atoms with Crippen molar-refractivity contribution in [2.45, 2.75) is 13.8 Å². The number of ether oxygens (including phenoxy) is 2. The molecule has 0 saturated heterocycles. The zero-order valence-electron chi connectivity index (χ0n) is 17.4. The lowest BCUT2D eigenvalue weighted by atomic mass is 10.1. The Balaban J connectivity index is 1.73. The van der Waals surface area contributed by atoms with E-state index in [1.54, 1.807) is 42.5 Å². The van der Waals surface area contributed by atoms with Crippen molar-refractivity contribution in [3.63, 3.8) is 0 Å². The van der Waals surface area contributed by atoms with Crippen LogP contribution in [0.3, 0.4) is 0 Å². The molecule has 0 atom stereocenters. The number of hydrogen-bond acceptors (Lipinski definition) is 5. The quantitative estimate of drug-likeness (QED) is 0.208. The van der Waals surface area contributed by atoms with Gasteiger partial charge in [0.05, 0.1) is 23.4 Å². The SMILES string of the molecule is CCOc1cc(/C=N/NC(=O)c2cccc(C)c2)ccc1OC(=O)c1ccc(Cl)cc1Cl. The third-order valence-electron chi connectivity index (χ3n) is 4.28. The number of rotatable bonds is 7. The number of aryl methyl sites for hydroxylation is 1. The molecule has 0 saturated carbocycles. The van der Waals surface area contributed by atoms with E-state index in [9.17, 15) is 9.59 Å². The maximum atomic E-state index is 12.5. The first-order valence-electron chi connectivity index (χ1n) is 9.71. The van der Waals surface area contributed by atoms with Crippen molar-refractivity contribution in [2.24, 2.45) is 5.10 Å². The third-order valence-corrected chi connectivity index (χ3v) is 4.83. The molecule has 0 aliphatic heterocycles. The van der Waals surface area contributed by atoms with Crippen LogP contribution in [0.15, 0.2) is 65.8 Å². The Morgan fingerprint density at radius 2 is 1.84 bits per heavy atom. The van der Waals surface area contributed by atoms with E-state index >= 15 is 0 Å². The number of benzene rings is 3. The maximum absolute atomic E-state index is 12.5. The second-order valence-electron chi connectivity index (χ2n) is 6.72. The van der Waals surface area contributed by atoms with E-state index in [4.69, 9.17) is 32.7 Å². The Hall–Kier alpha value is -3.35. The van der Waals surface area contributed by atoms with E-state index in [-0.39, 0.29) is 22.2 Å². The van der Waals surface area contributed by atoms with Crippen LogP contribution in [-0.4, -0.2) is 24.7 Å². The summed E-state index contributed by atoms with van der Waals surface area (Å²) in [6.07, 6.45) is 1.47. The molecule has 0 unspecified atom stereocenters. The number of carbonyl (C=O) groups is 2. The van der Waals surface area contributed by atoms with E-state index in [2.05, 4.69) is 10.5 Å². The summed E-state index contributed by atoms with van der Waals surface area (Å²) < 4.78 is 11.1. The van der Waals surface area contributed by atoms with Crippen LogP contribution in [0, 0.1) is 6.92 Å². The third kappa shape index (κ3) is 6.09. The average Bonchev–Trinajstić information content (AvgIpc) is 2.75. The molecule has 3 aromatic rings. The van der Waals surface area contributed by atoms with Crippen molar-refractivity contribution in [3.8, 4) is 11.5 Å². The molecule has 6 nitrogen and oxygen atoms in total. The fourth-order valence-electron chi connectivity index (χ4n) is 2.78. The predicted octanol–water partition coefficient (Wildman–Crippen LogP) is 5.68. The molecule has 3 aromatic carbocycles. The number of amides is 1. The summed E-state index contributed by atoms with van der Waals surface area (Å²) in [7, 11) is 0. The van der Waals surface area contributed by atoms with Gasteiger partial charge in [0.15, 0.2) is 11.5 Å². The zero-order chi connectivity index (χ0) is 23.1. The molecule has 0 heterocycles. The van der Waals surface area contributed by atoms with Crippen molar-refractivity contribution in [3.05, 3.63) is 93.0 Å². The molecule has 0 bridgehead atoms. The van der Waals surface area contributed by atoms with Crippen molar-refractivity contribution >= 4 is 41.3 Å². The van der Waals surface area contributed by atoms with Gasteiger partial charge >= 0.3 is 5.97 Å². The van der Waals surface area contributed by atoms with E-state index < -0.39 is 5.97 Å². The van der Waals surface area contributed by atoms with Gasteiger partial charge < -0.3 is 9.47 Å². The molecule has 8 heteroatoms. The van der Waals surface area contributed by atoms with Gasteiger partial charge in [-0.25, -0.2) is 10.2 Å². The van der Waals surface area contributed by atoms with Gasteiger partial charge in [0.2, 0.25) is 0 Å².